The van der Waals surface area contributed by atoms with Gasteiger partial charge in [0.2, 0.25) is 5.91 Å². The van der Waals surface area contributed by atoms with Crippen LogP contribution in [0.3, 0.4) is 0 Å². The summed E-state index contributed by atoms with van der Waals surface area (Å²) in [6.07, 6.45) is 4.46. The van der Waals surface area contributed by atoms with Crippen LogP contribution in [0.2, 0.25) is 5.02 Å². The minimum Gasteiger partial charge on any atom is -0.387 e. The van der Waals surface area contributed by atoms with Gasteiger partial charge in [-0.05, 0) is 31.0 Å². The molecule has 0 saturated carbocycles. The third-order valence-electron chi connectivity index (χ3n) is 5.23. The van der Waals surface area contributed by atoms with Gasteiger partial charge in [-0.2, -0.15) is 5.10 Å². The summed E-state index contributed by atoms with van der Waals surface area (Å²) in [5.41, 5.74) is 2.91. The van der Waals surface area contributed by atoms with Gasteiger partial charge in [0.1, 0.15) is 18.6 Å². The zero-order valence-corrected chi connectivity index (χ0v) is 16.2. The van der Waals surface area contributed by atoms with Crippen LogP contribution in [0.5, 0.6) is 0 Å². The quantitative estimate of drug-likeness (QED) is 0.683. The molecule has 3 aromatic rings. The van der Waals surface area contributed by atoms with Crippen molar-refractivity contribution in [3.63, 3.8) is 0 Å². The number of halogens is 2. The van der Waals surface area contributed by atoms with E-state index in [2.05, 4.69) is 20.2 Å². The molecule has 1 aromatic carbocycles. The Morgan fingerprint density at radius 2 is 2.10 bits per heavy atom. The number of carbonyl (C=O) groups excluding carboxylic acids is 1. The molecule has 1 saturated heterocycles. The van der Waals surface area contributed by atoms with Crippen molar-refractivity contribution in [2.24, 2.45) is 0 Å². The van der Waals surface area contributed by atoms with E-state index in [4.69, 9.17) is 16.7 Å². The van der Waals surface area contributed by atoms with E-state index < -0.39 is 12.4 Å². The Kier molecular flexibility index (Phi) is 5.55. The van der Waals surface area contributed by atoms with E-state index in [1.807, 2.05) is 0 Å². The van der Waals surface area contributed by atoms with Gasteiger partial charge < -0.3 is 10.0 Å². The van der Waals surface area contributed by atoms with Gasteiger partial charge >= 0.3 is 0 Å². The molecule has 29 heavy (non-hydrogen) atoms. The molecule has 0 unspecified atom stereocenters. The summed E-state index contributed by atoms with van der Waals surface area (Å²) in [5.74, 6) is -0.720. The smallest absolute Gasteiger partial charge is 0.248 e. The fraction of sp³-hybridized carbons (Fsp3) is 0.300. The van der Waals surface area contributed by atoms with E-state index in [1.54, 1.807) is 29.3 Å². The SMILES string of the molecule is O=C(CO)N1CCC(c2[nH]nc(-c3cccc(Cl)c3F)c2-c2ccncn2)CC1. The van der Waals surface area contributed by atoms with Gasteiger partial charge in [0.05, 0.1) is 10.7 Å². The number of aromatic nitrogens is 4. The van der Waals surface area contributed by atoms with Crippen molar-refractivity contribution in [1.82, 2.24) is 25.1 Å². The number of hydrogen-bond donors (Lipinski definition) is 2. The van der Waals surface area contributed by atoms with Crippen LogP contribution in [0.4, 0.5) is 4.39 Å². The number of H-pyrrole nitrogens is 1. The number of rotatable bonds is 4. The zero-order valence-electron chi connectivity index (χ0n) is 15.5. The Bertz CT molecular complexity index is 1020. The molecule has 0 aliphatic carbocycles. The maximum Gasteiger partial charge on any atom is 0.248 e. The maximum absolute atomic E-state index is 14.7. The summed E-state index contributed by atoms with van der Waals surface area (Å²) in [5, 5.41) is 16.6. The lowest BCUT2D eigenvalue weighted by atomic mass is 9.88. The van der Waals surface area contributed by atoms with Crippen molar-refractivity contribution in [2.45, 2.75) is 18.8 Å². The zero-order chi connectivity index (χ0) is 20.4. The van der Waals surface area contributed by atoms with Gasteiger partial charge in [0.15, 0.2) is 5.82 Å². The molecular weight excluding hydrogens is 397 g/mol. The molecule has 1 aliphatic rings. The summed E-state index contributed by atoms with van der Waals surface area (Å²) < 4.78 is 14.7. The number of likely N-dealkylation sites (tertiary alicyclic amines) is 1. The molecule has 2 N–H and O–H groups in total. The minimum atomic E-state index is -0.536. The fourth-order valence-electron chi connectivity index (χ4n) is 3.75. The number of nitrogens with zero attached hydrogens (tertiary/aromatic N) is 4. The van der Waals surface area contributed by atoms with E-state index in [9.17, 15) is 9.18 Å². The van der Waals surface area contributed by atoms with E-state index in [0.29, 0.717) is 48.4 Å². The molecule has 0 radical (unpaired) electrons. The van der Waals surface area contributed by atoms with Crippen LogP contribution in [0.15, 0.2) is 36.8 Å². The monoisotopic (exact) mass is 415 g/mol. The van der Waals surface area contributed by atoms with Crippen molar-refractivity contribution in [2.75, 3.05) is 19.7 Å². The van der Waals surface area contributed by atoms with Gasteiger partial charge in [-0.25, -0.2) is 14.4 Å². The van der Waals surface area contributed by atoms with Crippen molar-refractivity contribution in [3.8, 4) is 22.5 Å². The second kappa shape index (κ2) is 8.26. The van der Waals surface area contributed by atoms with E-state index in [1.165, 1.54) is 12.4 Å². The first kappa shape index (κ1) is 19.5. The number of carbonyl (C=O) groups is 1. The number of aromatic amines is 1. The largest absolute Gasteiger partial charge is 0.387 e. The highest BCUT2D eigenvalue weighted by Gasteiger charge is 2.29. The van der Waals surface area contributed by atoms with Gasteiger partial charge in [-0.3, -0.25) is 9.89 Å². The number of amides is 1. The van der Waals surface area contributed by atoms with E-state index in [0.717, 1.165) is 5.69 Å². The van der Waals surface area contributed by atoms with Crippen molar-refractivity contribution >= 4 is 17.5 Å². The average Bonchev–Trinajstić information content (AvgIpc) is 3.20. The van der Waals surface area contributed by atoms with Gasteiger partial charge in [0.25, 0.3) is 0 Å². The molecule has 1 fully saturated rings. The van der Waals surface area contributed by atoms with Crippen molar-refractivity contribution in [1.29, 1.82) is 0 Å². The molecule has 0 bridgehead atoms. The van der Waals surface area contributed by atoms with Crippen LogP contribution in [0, 0.1) is 5.82 Å². The molecule has 1 aliphatic heterocycles. The minimum absolute atomic E-state index is 0.0245. The normalized spacial score (nSPS) is 14.9. The molecule has 7 nitrogen and oxygen atoms in total. The number of aliphatic hydroxyl groups is 1. The Morgan fingerprint density at radius 1 is 1.31 bits per heavy atom. The van der Waals surface area contributed by atoms with Crippen molar-refractivity contribution in [3.05, 3.63) is 53.3 Å². The molecule has 0 spiro atoms. The fourth-order valence-corrected chi connectivity index (χ4v) is 3.92. The third kappa shape index (κ3) is 3.73. The molecule has 3 heterocycles. The van der Waals surface area contributed by atoms with Crippen LogP contribution < -0.4 is 0 Å². The molecule has 4 rings (SSSR count). The summed E-state index contributed by atoms with van der Waals surface area (Å²) >= 11 is 5.98. The Hall–Kier alpha value is -2.84. The first-order chi connectivity index (χ1) is 14.1. The topological polar surface area (TPSA) is 95.0 Å². The summed E-state index contributed by atoms with van der Waals surface area (Å²) in [6, 6.07) is 6.56. The lowest BCUT2D eigenvalue weighted by Crippen LogP contribution is -2.39. The number of hydrogen-bond acceptors (Lipinski definition) is 5. The Labute approximate surface area is 171 Å². The number of aliphatic hydroxyl groups excluding tert-OH is 1. The predicted molar refractivity (Wildman–Crippen MR) is 106 cm³/mol. The Balaban J connectivity index is 1.75. The first-order valence-corrected chi connectivity index (χ1v) is 9.65. The highest BCUT2D eigenvalue weighted by molar-refractivity contribution is 6.31. The van der Waals surface area contributed by atoms with Gasteiger partial charge in [-0.15, -0.1) is 0 Å². The van der Waals surface area contributed by atoms with Crippen LogP contribution >= 0.6 is 11.6 Å². The molecule has 150 valence electrons. The van der Waals surface area contributed by atoms with Gasteiger partial charge in [0, 0.05) is 42.0 Å². The first-order valence-electron chi connectivity index (χ1n) is 9.27. The lowest BCUT2D eigenvalue weighted by Gasteiger charge is -2.31. The standard InChI is InChI=1S/C20H19ClFN5O2/c21-14-3-1-2-13(18(14)22)20-17(15-4-7-23-11-24-15)19(25-26-20)12-5-8-27(9-6-12)16(29)10-28/h1-4,7,11-12,28H,5-6,8-10H2,(H,25,26). The van der Waals surface area contributed by atoms with Crippen molar-refractivity contribution < 1.29 is 14.3 Å². The number of benzene rings is 1. The molecule has 1 amide bonds. The predicted octanol–water partition coefficient (Wildman–Crippen LogP) is 3.02. The van der Waals surface area contributed by atoms with Crippen LogP contribution in [-0.2, 0) is 4.79 Å². The van der Waals surface area contributed by atoms with Crippen LogP contribution in [0.25, 0.3) is 22.5 Å². The second-order valence-corrected chi connectivity index (χ2v) is 7.28. The summed E-state index contributed by atoms with van der Waals surface area (Å²) in [4.78, 5) is 21.7. The van der Waals surface area contributed by atoms with E-state index >= 15 is 0 Å². The molecule has 9 heteroatoms. The maximum atomic E-state index is 14.7. The number of piperidine rings is 1. The van der Waals surface area contributed by atoms with Gasteiger partial charge in [-0.1, -0.05) is 17.7 Å². The van der Waals surface area contributed by atoms with E-state index in [-0.39, 0.29) is 16.8 Å². The highest BCUT2D eigenvalue weighted by atomic mass is 35.5. The molecule has 2 aromatic heterocycles. The van der Waals surface area contributed by atoms with Crippen LogP contribution in [-0.4, -0.2) is 55.8 Å². The second-order valence-electron chi connectivity index (χ2n) is 6.87. The Morgan fingerprint density at radius 3 is 2.79 bits per heavy atom. The molecule has 0 atom stereocenters. The lowest BCUT2D eigenvalue weighted by molar-refractivity contribution is -0.135. The summed E-state index contributed by atoms with van der Waals surface area (Å²) in [7, 11) is 0. The summed E-state index contributed by atoms with van der Waals surface area (Å²) in [6.45, 7) is 0.583. The number of nitrogens with one attached hydrogen (secondary N) is 1. The average molecular weight is 416 g/mol. The third-order valence-corrected chi connectivity index (χ3v) is 5.52. The molecular formula is C20H19ClFN5O2. The highest BCUT2D eigenvalue weighted by Crippen LogP contribution is 2.40. The van der Waals surface area contributed by atoms with Crippen LogP contribution in [0.1, 0.15) is 24.5 Å².